The molecule has 136 valence electrons. The molecule has 3 aromatic rings. The van der Waals surface area contributed by atoms with E-state index in [1.165, 1.54) is 17.1 Å². The van der Waals surface area contributed by atoms with E-state index >= 15 is 0 Å². The number of aromatic nitrogens is 4. The molecule has 1 aliphatic carbocycles. The van der Waals surface area contributed by atoms with E-state index < -0.39 is 0 Å². The molecule has 1 aliphatic heterocycles. The monoisotopic (exact) mass is 377 g/mol. The fourth-order valence-electron chi connectivity index (χ4n) is 4.31. The topological polar surface area (TPSA) is 71.9 Å². The highest BCUT2D eigenvalue weighted by Crippen LogP contribution is 2.46. The minimum absolute atomic E-state index is 0.00162. The third-order valence-corrected chi connectivity index (χ3v) is 6.57. The van der Waals surface area contributed by atoms with Crippen molar-refractivity contribution < 1.29 is 4.79 Å². The van der Waals surface area contributed by atoms with Gasteiger partial charge < -0.3 is 4.90 Å². The van der Waals surface area contributed by atoms with Crippen LogP contribution in [0.4, 0.5) is 5.82 Å². The predicted octanol–water partition coefficient (Wildman–Crippen LogP) is 3.43. The molecule has 0 bridgehead atoms. The Labute approximate surface area is 161 Å². The van der Waals surface area contributed by atoms with Crippen molar-refractivity contribution in [3.63, 3.8) is 0 Å². The molecule has 27 heavy (non-hydrogen) atoms. The van der Waals surface area contributed by atoms with E-state index in [1.807, 2.05) is 37.3 Å². The Kier molecular flexibility index (Phi) is 3.79. The second kappa shape index (κ2) is 6.20. The Morgan fingerprint density at radius 2 is 1.89 bits per heavy atom. The molecule has 7 heteroatoms. The van der Waals surface area contributed by atoms with Crippen molar-refractivity contribution in [2.75, 3.05) is 18.0 Å². The van der Waals surface area contributed by atoms with Gasteiger partial charge in [-0.25, -0.2) is 4.98 Å². The lowest BCUT2D eigenvalue weighted by Gasteiger charge is -2.40. The predicted molar refractivity (Wildman–Crippen MR) is 104 cm³/mol. The molecule has 0 N–H and O–H groups in total. The van der Waals surface area contributed by atoms with Crippen LogP contribution in [-0.4, -0.2) is 38.4 Å². The summed E-state index contributed by atoms with van der Waals surface area (Å²) < 4.78 is 4.20. The number of hydrogen-bond donors (Lipinski definition) is 0. The molecule has 3 heterocycles. The summed E-state index contributed by atoms with van der Waals surface area (Å²) in [6.45, 7) is 3.64. The fourth-order valence-corrected chi connectivity index (χ4v) is 4.94. The van der Waals surface area contributed by atoms with Gasteiger partial charge in [-0.3, -0.25) is 4.79 Å². The van der Waals surface area contributed by atoms with Crippen LogP contribution in [0.2, 0.25) is 0 Å². The molecule has 1 spiro atoms. The molecule has 5 rings (SSSR count). The van der Waals surface area contributed by atoms with E-state index in [2.05, 4.69) is 30.5 Å². The van der Waals surface area contributed by atoms with Gasteiger partial charge in [-0.05, 0) is 49.0 Å². The van der Waals surface area contributed by atoms with Gasteiger partial charge in [0.2, 0.25) is 0 Å². The van der Waals surface area contributed by atoms with Crippen LogP contribution in [0.3, 0.4) is 0 Å². The van der Waals surface area contributed by atoms with Gasteiger partial charge in [0.25, 0.3) is 0 Å². The van der Waals surface area contributed by atoms with Crippen molar-refractivity contribution >= 4 is 23.1 Å². The molecule has 1 fully saturated rings. The van der Waals surface area contributed by atoms with Crippen LogP contribution in [-0.2, 0) is 5.41 Å². The number of aryl methyl sites for hydroxylation is 1. The third-order valence-electron chi connectivity index (χ3n) is 5.74. The van der Waals surface area contributed by atoms with Crippen molar-refractivity contribution in [3.05, 3.63) is 53.3 Å². The van der Waals surface area contributed by atoms with Crippen molar-refractivity contribution in [1.29, 1.82) is 0 Å². The van der Waals surface area contributed by atoms with Crippen molar-refractivity contribution in [2.24, 2.45) is 0 Å². The van der Waals surface area contributed by atoms with E-state index in [-0.39, 0.29) is 11.2 Å². The number of Topliss-reactive ketones (excluding diaryl/α,β-unsaturated/α-hetero) is 1. The summed E-state index contributed by atoms with van der Waals surface area (Å²) in [7, 11) is 0. The zero-order valence-electron chi connectivity index (χ0n) is 15.1. The van der Waals surface area contributed by atoms with Gasteiger partial charge in [0.15, 0.2) is 16.6 Å². The van der Waals surface area contributed by atoms with Crippen molar-refractivity contribution in [1.82, 2.24) is 19.6 Å². The number of anilines is 1. The van der Waals surface area contributed by atoms with Gasteiger partial charge in [-0.2, -0.15) is 4.37 Å². The molecular formula is C20H19N5OS. The summed E-state index contributed by atoms with van der Waals surface area (Å²) >= 11 is 1.34. The van der Waals surface area contributed by atoms with Gasteiger partial charge in [0, 0.05) is 30.5 Å². The maximum atomic E-state index is 12.4. The van der Waals surface area contributed by atoms with Crippen LogP contribution in [0.1, 0.15) is 41.0 Å². The van der Waals surface area contributed by atoms with Crippen LogP contribution in [0, 0.1) is 6.92 Å². The number of hydrogen-bond acceptors (Lipinski definition) is 7. The van der Waals surface area contributed by atoms with Gasteiger partial charge in [-0.1, -0.05) is 24.3 Å². The second-order valence-corrected chi connectivity index (χ2v) is 8.09. The molecule has 2 aliphatic rings. The minimum Gasteiger partial charge on any atom is -0.355 e. The lowest BCUT2D eigenvalue weighted by Crippen LogP contribution is -2.42. The molecule has 0 radical (unpaired) electrons. The van der Waals surface area contributed by atoms with Gasteiger partial charge in [-0.15, -0.1) is 10.2 Å². The first-order valence-corrected chi connectivity index (χ1v) is 9.94. The van der Waals surface area contributed by atoms with Gasteiger partial charge >= 0.3 is 0 Å². The highest BCUT2D eigenvalue weighted by atomic mass is 32.1. The molecule has 6 nitrogen and oxygen atoms in total. The number of rotatable bonds is 2. The lowest BCUT2D eigenvalue weighted by atomic mass is 9.74. The number of piperidine rings is 1. The number of carbonyl (C=O) groups excluding carboxylic acids is 1. The van der Waals surface area contributed by atoms with E-state index in [9.17, 15) is 4.79 Å². The number of benzene rings is 1. The third kappa shape index (κ3) is 2.73. The number of ketones is 1. The van der Waals surface area contributed by atoms with Crippen LogP contribution in [0.15, 0.2) is 36.4 Å². The average Bonchev–Trinajstić information content (AvgIpc) is 3.25. The highest BCUT2D eigenvalue weighted by molar-refractivity contribution is 7.09. The molecular weight excluding hydrogens is 358 g/mol. The van der Waals surface area contributed by atoms with E-state index in [4.69, 9.17) is 0 Å². The Hall–Kier alpha value is -2.67. The zero-order chi connectivity index (χ0) is 18.4. The maximum absolute atomic E-state index is 12.4. The van der Waals surface area contributed by atoms with Crippen LogP contribution in [0.5, 0.6) is 0 Å². The number of nitrogens with zero attached hydrogens (tertiary/aromatic N) is 5. The summed E-state index contributed by atoms with van der Waals surface area (Å²) in [5.41, 5.74) is 2.92. The lowest BCUT2D eigenvalue weighted by molar-refractivity contribution is 0.0966. The normalized spacial score (nSPS) is 18.1. The Morgan fingerprint density at radius 3 is 2.59 bits per heavy atom. The fraction of sp³-hybridized carbons (Fsp3) is 0.350. The van der Waals surface area contributed by atoms with E-state index in [0.29, 0.717) is 6.42 Å². The second-order valence-electron chi connectivity index (χ2n) is 7.34. The molecule has 0 amide bonds. The molecule has 1 saturated heterocycles. The van der Waals surface area contributed by atoms with Crippen molar-refractivity contribution in [3.8, 4) is 10.7 Å². The first-order valence-electron chi connectivity index (χ1n) is 9.17. The summed E-state index contributed by atoms with van der Waals surface area (Å²) in [5.74, 6) is 1.93. The quantitative estimate of drug-likeness (QED) is 0.681. The van der Waals surface area contributed by atoms with Crippen LogP contribution < -0.4 is 4.90 Å². The number of fused-ring (bicyclic) bond motifs is 2. The molecule has 0 saturated carbocycles. The maximum Gasteiger partial charge on any atom is 0.164 e. The van der Waals surface area contributed by atoms with Crippen LogP contribution >= 0.6 is 11.5 Å². The average molecular weight is 377 g/mol. The molecule has 0 unspecified atom stereocenters. The summed E-state index contributed by atoms with van der Waals surface area (Å²) in [6, 6.07) is 12.1. The smallest absolute Gasteiger partial charge is 0.164 e. The largest absolute Gasteiger partial charge is 0.355 e. The van der Waals surface area contributed by atoms with Crippen molar-refractivity contribution in [2.45, 2.75) is 31.6 Å². The minimum atomic E-state index is 0.00162. The Morgan fingerprint density at radius 1 is 1.07 bits per heavy atom. The van der Waals surface area contributed by atoms with Crippen LogP contribution in [0.25, 0.3) is 10.7 Å². The first-order chi connectivity index (χ1) is 13.1. The summed E-state index contributed by atoms with van der Waals surface area (Å²) in [5, 5.41) is 9.54. The first kappa shape index (κ1) is 16.5. The number of carbonyl (C=O) groups is 1. The molecule has 1 aromatic carbocycles. The standard InChI is InChI=1S/C20H19N5OS/c1-13-21-19(27-24-13)16-6-7-18(23-22-16)25-10-8-20(9-11-25)12-17(26)14-4-2-3-5-15(14)20/h2-7H,8-12H2,1H3. The summed E-state index contributed by atoms with van der Waals surface area (Å²) in [4.78, 5) is 19.0. The Bertz CT molecular complexity index is 1010. The van der Waals surface area contributed by atoms with Gasteiger partial charge in [0.05, 0.1) is 0 Å². The van der Waals surface area contributed by atoms with E-state index in [1.54, 1.807) is 0 Å². The zero-order valence-corrected chi connectivity index (χ0v) is 15.9. The Balaban J connectivity index is 1.33. The summed E-state index contributed by atoms with van der Waals surface area (Å²) in [6.07, 6.45) is 2.57. The van der Waals surface area contributed by atoms with Gasteiger partial charge in [0.1, 0.15) is 11.5 Å². The molecule has 2 aromatic heterocycles. The SMILES string of the molecule is Cc1nsc(-c2ccc(N3CCC4(CC3)CC(=O)c3ccccc34)nn2)n1. The molecule has 0 atom stereocenters. The highest BCUT2D eigenvalue weighted by Gasteiger charge is 2.45. The van der Waals surface area contributed by atoms with E-state index in [0.717, 1.165) is 53.8 Å².